The summed E-state index contributed by atoms with van der Waals surface area (Å²) in [7, 11) is 0. The Bertz CT molecular complexity index is 1360. The van der Waals surface area contributed by atoms with E-state index >= 15 is 0 Å². The number of aliphatic carboxylic acids is 1. The Morgan fingerprint density at radius 1 is 1.00 bits per heavy atom. The fourth-order valence-corrected chi connectivity index (χ4v) is 4.72. The molecule has 0 saturated carbocycles. The quantitative estimate of drug-likeness (QED) is 0.309. The molecule has 3 aromatic carbocycles. The minimum absolute atomic E-state index is 0.0282. The number of carboxylic acids is 1. The van der Waals surface area contributed by atoms with Crippen molar-refractivity contribution < 1.29 is 14.7 Å². The summed E-state index contributed by atoms with van der Waals surface area (Å²) in [6, 6.07) is 24.4. The maximum absolute atomic E-state index is 13.6. The molecule has 1 atom stereocenters. The number of carboxylic acid groups (broad SMARTS) is 1. The maximum atomic E-state index is 13.6. The van der Waals surface area contributed by atoms with Gasteiger partial charge in [-0.25, -0.2) is 4.98 Å². The van der Waals surface area contributed by atoms with Crippen LogP contribution in [0, 0.1) is 6.92 Å². The van der Waals surface area contributed by atoms with Crippen molar-refractivity contribution >= 4 is 38.7 Å². The molecule has 34 heavy (non-hydrogen) atoms. The van der Waals surface area contributed by atoms with Crippen molar-refractivity contribution in [3.63, 3.8) is 0 Å². The Morgan fingerprint density at radius 2 is 1.65 bits per heavy atom. The van der Waals surface area contributed by atoms with Gasteiger partial charge in [0.1, 0.15) is 5.41 Å². The predicted octanol–water partition coefficient (Wildman–Crippen LogP) is 6.14. The van der Waals surface area contributed by atoms with E-state index in [-0.39, 0.29) is 12.5 Å². The number of carbonyl (C=O) groups is 2. The molecule has 0 aliphatic carbocycles. The molecule has 0 bridgehead atoms. The summed E-state index contributed by atoms with van der Waals surface area (Å²) in [5.41, 5.74) is 3.01. The van der Waals surface area contributed by atoms with E-state index in [2.05, 4.69) is 21.2 Å². The number of hydrogen-bond donors (Lipinski definition) is 2. The van der Waals surface area contributed by atoms with Crippen LogP contribution in [-0.4, -0.2) is 28.5 Å². The van der Waals surface area contributed by atoms with Crippen molar-refractivity contribution in [1.82, 2.24) is 10.3 Å². The lowest BCUT2D eigenvalue weighted by molar-refractivity contribution is -0.143. The highest BCUT2D eigenvalue weighted by atomic mass is 79.9. The highest BCUT2D eigenvalue weighted by molar-refractivity contribution is 9.10. The van der Waals surface area contributed by atoms with Crippen LogP contribution in [0.4, 0.5) is 0 Å². The van der Waals surface area contributed by atoms with E-state index in [0.29, 0.717) is 28.5 Å². The number of pyridine rings is 1. The van der Waals surface area contributed by atoms with Gasteiger partial charge in [0.15, 0.2) is 0 Å². The lowest BCUT2D eigenvalue weighted by atomic mass is 9.78. The monoisotopic (exact) mass is 516 g/mol. The second-order valence-electron chi connectivity index (χ2n) is 8.28. The summed E-state index contributed by atoms with van der Waals surface area (Å²) < 4.78 is 0.834. The van der Waals surface area contributed by atoms with Crippen LogP contribution in [0.1, 0.15) is 34.8 Å². The van der Waals surface area contributed by atoms with Crippen LogP contribution < -0.4 is 5.32 Å². The first kappa shape index (κ1) is 23.6. The molecule has 1 heterocycles. The number of nitrogens with zero attached hydrogens (tertiary/aromatic N) is 1. The van der Waals surface area contributed by atoms with Gasteiger partial charge in [0.2, 0.25) is 0 Å². The van der Waals surface area contributed by atoms with Gasteiger partial charge in [-0.1, -0.05) is 83.5 Å². The summed E-state index contributed by atoms with van der Waals surface area (Å²) in [4.78, 5) is 30.9. The van der Waals surface area contributed by atoms with Gasteiger partial charge in [0, 0.05) is 22.0 Å². The standard InChI is InChI=1S/C28H25BrN2O3/c1-3-28(27(33)34,20-12-8-5-9-13-20)17-30-26(32)24-18(2)25(19-10-6-4-7-11-19)31-23-15-14-21(29)16-22(23)24/h4-16H,3,17H2,1-2H3,(H,30,32)(H,33,34)/t28-/m1/s1. The Morgan fingerprint density at radius 3 is 2.26 bits per heavy atom. The van der Waals surface area contributed by atoms with Crippen molar-refractivity contribution in [1.29, 1.82) is 0 Å². The van der Waals surface area contributed by atoms with Gasteiger partial charge in [0.25, 0.3) is 5.91 Å². The molecule has 6 heteroatoms. The molecular formula is C28H25BrN2O3. The van der Waals surface area contributed by atoms with Gasteiger partial charge < -0.3 is 10.4 Å². The van der Waals surface area contributed by atoms with Gasteiger partial charge >= 0.3 is 5.97 Å². The van der Waals surface area contributed by atoms with Crippen LogP contribution in [0.2, 0.25) is 0 Å². The van der Waals surface area contributed by atoms with Crippen LogP contribution in [0.25, 0.3) is 22.2 Å². The van der Waals surface area contributed by atoms with Crippen LogP contribution in [-0.2, 0) is 10.2 Å². The first-order chi connectivity index (χ1) is 16.4. The molecule has 0 unspecified atom stereocenters. The average molecular weight is 517 g/mol. The number of aromatic nitrogens is 1. The molecule has 1 amide bonds. The molecule has 0 aliphatic heterocycles. The third-order valence-corrected chi connectivity index (χ3v) is 6.85. The zero-order valence-corrected chi connectivity index (χ0v) is 20.6. The number of rotatable bonds is 7. The topological polar surface area (TPSA) is 79.3 Å². The van der Waals surface area contributed by atoms with E-state index in [1.165, 1.54) is 0 Å². The smallest absolute Gasteiger partial charge is 0.315 e. The first-order valence-electron chi connectivity index (χ1n) is 11.1. The number of amides is 1. The Kier molecular flexibility index (Phi) is 6.80. The van der Waals surface area contributed by atoms with Gasteiger partial charge in [0.05, 0.1) is 16.8 Å². The minimum Gasteiger partial charge on any atom is -0.481 e. The van der Waals surface area contributed by atoms with Gasteiger partial charge in [-0.2, -0.15) is 0 Å². The average Bonchev–Trinajstić information content (AvgIpc) is 2.85. The lowest BCUT2D eigenvalue weighted by Crippen LogP contribution is -2.46. The van der Waals surface area contributed by atoms with E-state index in [4.69, 9.17) is 4.98 Å². The van der Waals surface area contributed by atoms with Crippen LogP contribution in [0.15, 0.2) is 83.3 Å². The second kappa shape index (κ2) is 9.77. The van der Waals surface area contributed by atoms with Gasteiger partial charge in [-0.05, 0) is 42.7 Å². The fourth-order valence-electron chi connectivity index (χ4n) is 4.36. The predicted molar refractivity (Wildman–Crippen MR) is 138 cm³/mol. The van der Waals surface area contributed by atoms with Gasteiger partial charge in [-0.3, -0.25) is 9.59 Å². The molecule has 0 saturated heterocycles. The van der Waals surface area contributed by atoms with Crippen LogP contribution in [0.3, 0.4) is 0 Å². The molecule has 1 aromatic heterocycles. The molecule has 0 spiro atoms. The summed E-state index contributed by atoms with van der Waals surface area (Å²) in [5, 5.41) is 13.8. The number of halogens is 1. The van der Waals surface area contributed by atoms with Crippen molar-refractivity contribution in [3.05, 3.63) is 100 Å². The summed E-state index contributed by atoms with van der Waals surface area (Å²) in [6.07, 6.45) is 0.337. The van der Waals surface area contributed by atoms with Crippen molar-refractivity contribution in [2.75, 3.05) is 6.54 Å². The molecule has 4 rings (SSSR count). The SMILES string of the molecule is CC[C@](CNC(=O)c1c(C)c(-c2ccccc2)nc2ccc(Br)cc12)(C(=O)O)c1ccccc1. The summed E-state index contributed by atoms with van der Waals surface area (Å²) >= 11 is 3.50. The molecule has 4 aromatic rings. The number of benzene rings is 3. The highest BCUT2D eigenvalue weighted by Crippen LogP contribution is 2.32. The van der Waals surface area contributed by atoms with E-state index in [0.717, 1.165) is 21.3 Å². The molecule has 2 N–H and O–H groups in total. The number of hydrogen-bond acceptors (Lipinski definition) is 3. The maximum Gasteiger partial charge on any atom is 0.315 e. The summed E-state index contributed by atoms with van der Waals surface area (Å²) in [5.74, 6) is -1.29. The normalized spacial score (nSPS) is 12.8. The zero-order valence-electron chi connectivity index (χ0n) is 19.0. The first-order valence-corrected chi connectivity index (χ1v) is 11.9. The van der Waals surface area contributed by atoms with Crippen LogP contribution >= 0.6 is 15.9 Å². The van der Waals surface area contributed by atoms with E-state index in [9.17, 15) is 14.7 Å². The van der Waals surface area contributed by atoms with Gasteiger partial charge in [-0.15, -0.1) is 0 Å². The molecular weight excluding hydrogens is 492 g/mol. The molecule has 0 radical (unpaired) electrons. The second-order valence-corrected chi connectivity index (χ2v) is 9.19. The van der Waals surface area contributed by atoms with E-state index in [1.54, 1.807) is 12.1 Å². The number of carbonyl (C=O) groups excluding carboxylic acids is 1. The Labute approximate surface area is 207 Å². The van der Waals surface area contributed by atoms with E-state index in [1.807, 2.05) is 80.6 Å². The molecule has 0 fully saturated rings. The van der Waals surface area contributed by atoms with Crippen molar-refractivity contribution in [3.8, 4) is 11.3 Å². The number of nitrogens with one attached hydrogen (secondary N) is 1. The third-order valence-electron chi connectivity index (χ3n) is 6.35. The minimum atomic E-state index is -1.23. The largest absolute Gasteiger partial charge is 0.481 e. The highest BCUT2D eigenvalue weighted by Gasteiger charge is 2.39. The lowest BCUT2D eigenvalue weighted by Gasteiger charge is -2.29. The Hall–Kier alpha value is -3.51. The number of fused-ring (bicyclic) bond motifs is 1. The molecule has 5 nitrogen and oxygen atoms in total. The van der Waals surface area contributed by atoms with E-state index < -0.39 is 11.4 Å². The van der Waals surface area contributed by atoms with Crippen molar-refractivity contribution in [2.45, 2.75) is 25.7 Å². The molecule has 0 aliphatic rings. The fraction of sp³-hybridized carbons (Fsp3) is 0.179. The van der Waals surface area contributed by atoms with Crippen molar-refractivity contribution in [2.24, 2.45) is 0 Å². The Balaban J connectivity index is 1.80. The van der Waals surface area contributed by atoms with Crippen LogP contribution in [0.5, 0.6) is 0 Å². The summed E-state index contributed by atoms with van der Waals surface area (Å²) in [6.45, 7) is 3.68. The zero-order chi connectivity index (χ0) is 24.3. The molecule has 172 valence electrons. The third kappa shape index (κ3) is 4.33.